The van der Waals surface area contributed by atoms with Crippen LogP contribution in [0.1, 0.15) is 133 Å². The Balaban J connectivity index is 1.60. The van der Waals surface area contributed by atoms with Gasteiger partial charge in [0.15, 0.2) is 0 Å². The van der Waals surface area contributed by atoms with Gasteiger partial charge in [0.1, 0.15) is 6.10 Å². The van der Waals surface area contributed by atoms with E-state index >= 15 is 0 Å². The minimum atomic E-state index is -0.108. The van der Waals surface area contributed by atoms with E-state index in [2.05, 4.69) is 55.4 Å². The van der Waals surface area contributed by atoms with E-state index < -0.39 is 0 Å². The highest BCUT2D eigenvalue weighted by Crippen LogP contribution is 2.74. The van der Waals surface area contributed by atoms with Crippen LogP contribution in [0.4, 0.5) is 0 Å². The molecule has 0 saturated heterocycles. The number of carbonyl (C=O) groups is 1. The number of hydrogen-bond donors (Lipinski definition) is 0. The van der Waals surface area contributed by atoms with Crippen LogP contribution in [0.2, 0.25) is 0 Å². The minimum absolute atomic E-state index is 0.0583. The lowest BCUT2D eigenvalue weighted by Gasteiger charge is -2.69. The summed E-state index contributed by atoms with van der Waals surface area (Å²) in [6, 6.07) is 0. The SMILES string of the molecule is CC(=O)OC1CCC2(C)C(CCC3(C)C2CCC2=C(C(C)CCCC(C)C)CCC23C)C1(C)C. The molecule has 3 saturated carbocycles. The number of rotatable bonds is 6. The van der Waals surface area contributed by atoms with Crippen molar-refractivity contribution in [3.05, 3.63) is 11.1 Å². The lowest BCUT2D eigenvalue weighted by atomic mass is 9.36. The van der Waals surface area contributed by atoms with Crippen LogP contribution in [0.3, 0.4) is 0 Å². The van der Waals surface area contributed by atoms with E-state index in [9.17, 15) is 4.79 Å². The largest absolute Gasteiger partial charge is 0.462 e. The van der Waals surface area contributed by atoms with Crippen molar-refractivity contribution in [2.45, 2.75) is 139 Å². The molecule has 7 unspecified atom stereocenters. The van der Waals surface area contributed by atoms with Gasteiger partial charge in [-0.05, 0) is 97.7 Å². The fourth-order valence-electron chi connectivity index (χ4n) is 10.2. The third-order valence-corrected chi connectivity index (χ3v) is 12.2. The molecule has 194 valence electrons. The number of ether oxygens (including phenoxy) is 1. The fraction of sp³-hybridized carbons (Fsp3) is 0.906. The smallest absolute Gasteiger partial charge is 0.302 e. The monoisotopic (exact) mass is 470 g/mol. The van der Waals surface area contributed by atoms with Gasteiger partial charge in [-0.3, -0.25) is 4.79 Å². The normalized spacial score (nSPS) is 42.1. The molecule has 2 heteroatoms. The summed E-state index contributed by atoms with van der Waals surface area (Å²) < 4.78 is 5.89. The molecule has 0 spiro atoms. The van der Waals surface area contributed by atoms with Gasteiger partial charge in [-0.25, -0.2) is 0 Å². The zero-order chi connectivity index (χ0) is 25.1. The maximum atomic E-state index is 11.8. The molecule has 4 aliphatic carbocycles. The molecule has 0 aromatic carbocycles. The average Bonchev–Trinajstić information content (AvgIpc) is 3.08. The molecule has 0 amide bonds. The molecule has 4 rings (SSSR count). The highest BCUT2D eigenvalue weighted by molar-refractivity contribution is 5.66. The van der Waals surface area contributed by atoms with Crippen LogP contribution in [-0.4, -0.2) is 12.1 Å². The van der Waals surface area contributed by atoms with Gasteiger partial charge >= 0.3 is 5.97 Å². The molecule has 34 heavy (non-hydrogen) atoms. The second-order valence-electron chi connectivity index (χ2n) is 14.6. The van der Waals surface area contributed by atoms with Gasteiger partial charge in [0.25, 0.3) is 0 Å². The Kier molecular flexibility index (Phi) is 6.92. The average molecular weight is 471 g/mol. The predicted octanol–water partition coefficient (Wildman–Crippen LogP) is 9.13. The molecule has 0 aliphatic heterocycles. The van der Waals surface area contributed by atoms with Crippen molar-refractivity contribution in [1.29, 1.82) is 0 Å². The zero-order valence-electron chi connectivity index (χ0n) is 24.0. The van der Waals surface area contributed by atoms with Crippen molar-refractivity contribution in [2.75, 3.05) is 0 Å². The Labute approximate surface area is 211 Å². The molecule has 0 radical (unpaired) electrons. The highest BCUT2D eigenvalue weighted by Gasteiger charge is 2.67. The van der Waals surface area contributed by atoms with Gasteiger partial charge in [-0.15, -0.1) is 0 Å². The molecule has 3 fully saturated rings. The second kappa shape index (κ2) is 8.95. The lowest BCUT2D eigenvalue weighted by molar-refractivity contribution is -0.210. The Bertz CT molecular complexity index is 821. The standard InChI is InChI=1S/C32H54O2/c1-21(2)11-10-12-22(3)24-15-19-31(8)25(24)13-14-27-30(7)18-17-28(34-23(4)33)29(5,6)26(30)16-20-32(27,31)9/h21-22,26-28H,10-20H2,1-9H3. The molecular formula is C32H54O2. The Morgan fingerprint density at radius 3 is 2.26 bits per heavy atom. The summed E-state index contributed by atoms with van der Waals surface area (Å²) in [5.74, 6) is 2.90. The molecule has 0 bridgehead atoms. The van der Waals surface area contributed by atoms with Crippen LogP contribution >= 0.6 is 0 Å². The first-order valence-corrected chi connectivity index (χ1v) is 14.7. The number of fused-ring (bicyclic) bond motifs is 5. The Hall–Kier alpha value is -0.790. The predicted molar refractivity (Wildman–Crippen MR) is 142 cm³/mol. The quantitative estimate of drug-likeness (QED) is 0.286. The molecule has 0 N–H and O–H groups in total. The Morgan fingerprint density at radius 2 is 1.62 bits per heavy atom. The van der Waals surface area contributed by atoms with Crippen molar-refractivity contribution in [2.24, 2.45) is 45.3 Å². The summed E-state index contributed by atoms with van der Waals surface area (Å²) in [6.45, 7) is 21.6. The van der Waals surface area contributed by atoms with Crippen LogP contribution in [0.5, 0.6) is 0 Å². The molecule has 7 atom stereocenters. The van der Waals surface area contributed by atoms with E-state index in [0.29, 0.717) is 22.2 Å². The van der Waals surface area contributed by atoms with Crippen LogP contribution in [0.25, 0.3) is 0 Å². The third kappa shape index (κ3) is 3.92. The number of esters is 1. The maximum Gasteiger partial charge on any atom is 0.302 e. The summed E-state index contributed by atoms with van der Waals surface area (Å²) >= 11 is 0. The molecule has 0 aromatic rings. The number of carbonyl (C=O) groups excluding carboxylic acids is 1. The van der Waals surface area contributed by atoms with E-state index in [-0.39, 0.29) is 17.5 Å². The highest BCUT2D eigenvalue weighted by atomic mass is 16.5. The third-order valence-electron chi connectivity index (χ3n) is 12.2. The van der Waals surface area contributed by atoms with E-state index in [1.54, 1.807) is 6.92 Å². The summed E-state index contributed by atoms with van der Waals surface area (Å²) in [6.07, 6.45) is 14.5. The number of allylic oxidation sites excluding steroid dienone is 2. The molecule has 0 heterocycles. The summed E-state index contributed by atoms with van der Waals surface area (Å²) in [4.78, 5) is 11.8. The van der Waals surface area contributed by atoms with Crippen LogP contribution < -0.4 is 0 Å². The van der Waals surface area contributed by atoms with E-state index in [4.69, 9.17) is 4.74 Å². The van der Waals surface area contributed by atoms with Crippen molar-refractivity contribution in [3.8, 4) is 0 Å². The van der Waals surface area contributed by atoms with E-state index in [0.717, 1.165) is 24.2 Å². The van der Waals surface area contributed by atoms with E-state index in [1.807, 2.05) is 11.1 Å². The summed E-state index contributed by atoms with van der Waals surface area (Å²) in [5, 5.41) is 0. The minimum Gasteiger partial charge on any atom is -0.462 e. The van der Waals surface area contributed by atoms with Crippen molar-refractivity contribution >= 4 is 5.97 Å². The lowest BCUT2D eigenvalue weighted by Crippen LogP contribution is -2.63. The fourth-order valence-corrected chi connectivity index (χ4v) is 10.2. The van der Waals surface area contributed by atoms with Crippen molar-refractivity contribution in [1.82, 2.24) is 0 Å². The van der Waals surface area contributed by atoms with E-state index in [1.165, 1.54) is 64.2 Å². The molecular weight excluding hydrogens is 416 g/mol. The molecule has 0 aromatic heterocycles. The first kappa shape index (κ1) is 26.3. The number of hydrogen-bond acceptors (Lipinski definition) is 2. The van der Waals surface area contributed by atoms with Gasteiger partial charge in [0.2, 0.25) is 0 Å². The van der Waals surface area contributed by atoms with Gasteiger partial charge in [-0.1, -0.05) is 79.4 Å². The van der Waals surface area contributed by atoms with Crippen LogP contribution in [-0.2, 0) is 9.53 Å². The van der Waals surface area contributed by atoms with Crippen molar-refractivity contribution in [3.63, 3.8) is 0 Å². The topological polar surface area (TPSA) is 26.3 Å². The van der Waals surface area contributed by atoms with Gasteiger partial charge in [0.05, 0.1) is 0 Å². The van der Waals surface area contributed by atoms with Crippen LogP contribution in [0.15, 0.2) is 11.1 Å². The molecule has 2 nitrogen and oxygen atoms in total. The van der Waals surface area contributed by atoms with Gasteiger partial charge in [-0.2, -0.15) is 0 Å². The van der Waals surface area contributed by atoms with Crippen molar-refractivity contribution < 1.29 is 9.53 Å². The maximum absolute atomic E-state index is 11.8. The first-order valence-electron chi connectivity index (χ1n) is 14.7. The second-order valence-corrected chi connectivity index (χ2v) is 14.6. The zero-order valence-corrected chi connectivity index (χ0v) is 24.0. The molecule has 4 aliphatic rings. The first-order chi connectivity index (χ1) is 15.8. The van der Waals surface area contributed by atoms with Crippen LogP contribution in [0, 0.1) is 45.3 Å². The summed E-state index contributed by atoms with van der Waals surface area (Å²) in [5.41, 5.74) is 4.93. The Morgan fingerprint density at radius 1 is 0.912 bits per heavy atom. The van der Waals surface area contributed by atoms with Gasteiger partial charge in [0, 0.05) is 12.3 Å². The van der Waals surface area contributed by atoms with Gasteiger partial charge < -0.3 is 4.74 Å². The summed E-state index contributed by atoms with van der Waals surface area (Å²) in [7, 11) is 0.